The van der Waals surface area contributed by atoms with Gasteiger partial charge in [0.05, 0.1) is 65.0 Å². The average Bonchev–Trinajstić information content (AvgIpc) is 4.13. The van der Waals surface area contributed by atoms with Crippen molar-refractivity contribution in [3.05, 3.63) is 95.6 Å². The Kier molecular flexibility index (Phi) is 22.2. The molecule has 3 aliphatic heterocycles. The van der Waals surface area contributed by atoms with Gasteiger partial charge in [0.1, 0.15) is 62.9 Å². The Morgan fingerprint density at radius 3 is 1.65 bits per heavy atom. The van der Waals surface area contributed by atoms with E-state index in [9.17, 15) is 62.0 Å². The van der Waals surface area contributed by atoms with Crippen LogP contribution in [-0.4, -0.2) is 131 Å². The monoisotopic (exact) mass is 1200 g/mol. The number of ether oxygens (including phenoxy) is 2. The molecule has 2 amide bonds. The number of nitrogens with one attached hydrogen (secondary N) is 2. The molecule has 0 radical (unpaired) electrons. The van der Waals surface area contributed by atoms with Crippen LogP contribution in [0, 0.1) is 17.8 Å². The van der Waals surface area contributed by atoms with Crippen molar-refractivity contribution in [2.45, 2.75) is 65.2 Å². The van der Waals surface area contributed by atoms with Crippen molar-refractivity contribution in [3.8, 4) is 11.5 Å². The van der Waals surface area contributed by atoms with Gasteiger partial charge in [0.25, 0.3) is 24.7 Å². The largest absolute Gasteiger partial charge is 0.491 e. The minimum absolute atomic E-state index is 0.0147. The molecular weight excluding hydrogens is 1150 g/mol. The molecule has 0 aromatic carbocycles. The standard InChI is InChI=1S/C21H22F2N4O4S.C14H14F2N4O2.C7H11BrO3S.C6H10O4S/c1-2-31-18-9-19-24-14(8-13-6-7-32(29,30)12-13)10-27(19)11-17(18)26-21(28)16-5-3-4-15(25-16)20(22)23;1-2-22-11-6-12(17)18-7-10(11)20-14(21)9-5-3-4-8(19-9)13(15)16;8-4-7(9)3-6-1-2-12(10,11)5-6;7-6(8)3-5-1-2-11(9,10)4-5/h3-5,9-11,13,20H,2,6-8,12H2,1H3,(H,26,28);3-7,13H,2H2,1H3,(H2,17,18)(H,20,21);6H,1-5H2;5H,1-4H2,(H,7,8). The zero-order valence-corrected chi connectivity index (χ0v) is 45.7. The highest BCUT2D eigenvalue weighted by atomic mass is 79.9. The molecule has 0 bridgehead atoms. The molecule has 3 unspecified atom stereocenters. The maximum Gasteiger partial charge on any atom is 0.303 e. The number of pyridine rings is 4. The summed E-state index contributed by atoms with van der Waals surface area (Å²) in [5.74, 6) is -0.173. The third kappa shape index (κ3) is 19.6. The zero-order valence-electron chi connectivity index (χ0n) is 41.6. The second kappa shape index (κ2) is 27.8. The Morgan fingerprint density at radius 1 is 0.714 bits per heavy atom. The quantitative estimate of drug-likeness (QED) is 0.0562. The number of imidazole rings is 1. The molecule has 0 spiro atoms. The van der Waals surface area contributed by atoms with E-state index in [0.29, 0.717) is 73.5 Å². The van der Waals surface area contributed by atoms with Crippen molar-refractivity contribution in [3.63, 3.8) is 0 Å². The highest BCUT2D eigenvalue weighted by Crippen LogP contribution is 2.30. The Hall–Kier alpha value is -6.33. The lowest BCUT2D eigenvalue weighted by Gasteiger charge is -2.12. The summed E-state index contributed by atoms with van der Waals surface area (Å²) in [6.07, 6.45) is 1.92. The molecule has 0 saturated carbocycles. The second-order valence-electron chi connectivity index (χ2n) is 17.9. The molecule has 3 aliphatic rings. The first kappa shape index (κ1) is 61.5. The number of anilines is 3. The van der Waals surface area contributed by atoms with Crippen LogP contribution in [0.1, 0.15) is 96.9 Å². The van der Waals surface area contributed by atoms with Crippen molar-refractivity contribution in [1.29, 1.82) is 0 Å². The number of nitrogen functional groups attached to an aromatic ring is 1. The lowest BCUT2D eigenvalue weighted by molar-refractivity contribution is -0.137. The molecule has 21 nitrogen and oxygen atoms in total. The van der Waals surface area contributed by atoms with E-state index >= 15 is 0 Å². The number of nitrogens with two attached hydrogens (primary N) is 1. The molecule has 5 aromatic rings. The van der Waals surface area contributed by atoms with Gasteiger partial charge in [0, 0.05) is 37.4 Å². The first-order valence-corrected chi connectivity index (χ1v) is 30.4. The van der Waals surface area contributed by atoms with Crippen molar-refractivity contribution < 1.29 is 76.6 Å². The number of hydrogen-bond donors (Lipinski definition) is 4. The van der Waals surface area contributed by atoms with Crippen LogP contribution >= 0.6 is 15.9 Å². The normalized spacial score (nSPS) is 18.7. The van der Waals surface area contributed by atoms with Gasteiger partial charge >= 0.3 is 5.97 Å². The number of aliphatic carboxylic acids is 1. The molecular formula is C48H57BrF4N8O13S3. The van der Waals surface area contributed by atoms with Gasteiger partial charge < -0.3 is 35.3 Å². The number of fused-ring (bicyclic) bond motifs is 1. The number of carbonyl (C=O) groups excluding carboxylic acids is 3. The number of Topliss-reactive ketones (excluding diaryl/α,β-unsaturated/α-hetero) is 1. The van der Waals surface area contributed by atoms with Gasteiger partial charge in [-0.2, -0.15) is 0 Å². The number of sulfone groups is 3. The Balaban J connectivity index is 0.000000209. The number of amides is 2. The summed E-state index contributed by atoms with van der Waals surface area (Å²) < 4.78 is 131. The molecule has 8 heterocycles. The summed E-state index contributed by atoms with van der Waals surface area (Å²) in [5, 5.41) is 13.9. The SMILES string of the molecule is CCOc1cc(N)ncc1NC(=O)c1cccc(C(F)F)n1.CCOc1cc2nc(CC3CCS(=O)(=O)C3)cn2cc1NC(=O)c1cccc(C(F)F)n1.O=C(CBr)CC1CCS(=O)(=O)C1.O=C(O)CC1CCS(=O)(=O)C1. The van der Waals surface area contributed by atoms with Crippen LogP contribution in [0.3, 0.4) is 0 Å². The van der Waals surface area contributed by atoms with Crippen LogP contribution in [0.15, 0.2) is 67.1 Å². The van der Waals surface area contributed by atoms with Crippen LogP contribution in [0.5, 0.6) is 11.5 Å². The number of carboxylic acid groups (broad SMARTS) is 1. The molecule has 3 saturated heterocycles. The fourth-order valence-corrected chi connectivity index (χ4v) is 14.0. The summed E-state index contributed by atoms with van der Waals surface area (Å²) >= 11 is 3.05. The summed E-state index contributed by atoms with van der Waals surface area (Å²) in [5.41, 5.74) is 6.28. The number of carboxylic acids is 1. The van der Waals surface area contributed by atoms with Gasteiger partial charge in [-0.3, -0.25) is 19.2 Å². The summed E-state index contributed by atoms with van der Waals surface area (Å²) in [7, 11) is -8.69. The number of rotatable bonds is 17. The minimum atomic E-state index is -2.97. The zero-order chi connectivity index (χ0) is 56.7. The minimum Gasteiger partial charge on any atom is -0.491 e. The van der Waals surface area contributed by atoms with E-state index in [-0.39, 0.29) is 87.4 Å². The van der Waals surface area contributed by atoms with E-state index in [1.165, 1.54) is 36.5 Å². The first-order chi connectivity index (χ1) is 36.3. The van der Waals surface area contributed by atoms with Gasteiger partial charge in [-0.05, 0) is 81.5 Å². The maximum absolute atomic E-state index is 12.9. The molecule has 77 heavy (non-hydrogen) atoms. The summed E-state index contributed by atoms with van der Waals surface area (Å²) in [4.78, 5) is 61.6. The average molecular weight is 1210 g/mol. The van der Waals surface area contributed by atoms with E-state index in [2.05, 4.69) is 46.5 Å². The Labute approximate surface area is 450 Å². The first-order valence-electron chi connectivity index (χ1n) is 23.8. The number of nitrogens with zero attached hydrogens (tertiary/aromatic N) is 5. The van der Waals surface area contributed by atoms with Gasteiger partial charge in [-0.1, -0.05) is 28.1 Å². The molecule has 5 N–H and O–H groups in total. The Morgan fingerprint density at radius 2 is 1.19 bits per heavy atom. The van der Waals surface area contributed by atoms with Crippen LogP contribution in [0.4, 0.5) is 34.8 Å². The third-order valence-electron chi connectivity index (χ3n) is 11.6. The van der Waals surface area contributed by atoms with Crippen LogP contribution in [0.25, 0.3) is 5.65 Å². The third-order valence-corrected chi connectivity index (χ3v) is 17.8. The smallest absolute Gasteiger partial charge is 0.303 e. The molecule has 3 atom stereocenters. The number of carbonyl (C=O) groups is 4. The summed E-state index contributed by atoms with van der Waals surface area (Å²) in [6, 6.07) is 10.8. The van der Waals surface area contributed by atoms with Crippen molar-refractivity contribution in [1.82, 2.24) is 24.3 Å². The van der Waals surface area contributed by atoms with E-state index in [4.69, 9.17) is 20.3 Å². The van der Waals surface area contributed by atoms with Crippen LogP contribution in [0.2, 0.25) is 0 Å². The van der Waals surface area contributed by atoms with E-state index in [1.807, 2.05) is 0 Å². The van der Waals surface area contributed by atoms with Gasteiger partial charge in [-0.15, -0.1) is 0 Å². The predicted molar refractivity (Wildman–Crippen MR) is 280 cm³/mol. The van der Waals surface area contributed by atoms with Crippen molar-refractivity contribution >= 4 is 91.8 Å². The van der Waals surface area contributed by atoms with Crippen molar-refractivity contribution in [2.24, 2.45) is 17.8 Å². The summed E-state index contributed by atoms with van der Waals surface area (Å²) in [6.45, 7) is 4.27. The highest BCUT2D eigenvalue weighted by molar-refractivity contribution is 9.09. The predicted octanol–water partition coefficient (Wildman–Crippen LogP) is 6.61. The lowest BCUT2D eigenvalue weighted by Crippen LogP contribution is -2.16. The van der Waals surface area contributed by atoms with Gasteiger partial charge in [0.15, 0.2) is 29.5 Å². The molecule has 5 aromatic heterocycles. The lowest BCUT2D eigenvalue weighted by atomic mass is 10.0. The molecule has 29 heteroatoms. The van der Waals surface area contributed by atoms with E-state index in [0.717, 1.165) is 17.8 Å². The van der Waals surface area contributed by atoms with Crippen LogP contribution in [-0.2, 0) is 45.5 Å². The molecule has 3 fully saturated rings. The highest BCUT2D eigenvalue weighted by Gasteiger charge is 2.31. The Bertz CT molecular complexity index is 3250. The molecule has 0 aliphatic carbocycles. The number of aromatic nitrogens is 5. The molecule has 420 valence electrons. The molecule has 8 rings (SSSR count). The topological polar surface area (TPSA) is 315 Å². The fraction of sp³-hybridized carbons (Fsp3) is 0.458. The second-order valence-corrected chi connectivity index (χ2v) is 25.2. The van der Waals surface area contributed by atoms with Crippen LogP contribution < -0.4 is 25.8 Å². The number of halogens is 5. The number of hydrogen-bond acceptors (Lipinski definition) is 17. The van der Waals surface area contributed by atoms with E-state index < -0.39 is 71.5 Å². The maximum atomic E-state index is 12.9. The van der Waals surface area contributed by atoms with Crippen molar-refractivity contribution in [2.75, 3.05) is 69.4 Å². The number of ketones is 1. The van der Waals surface area contributed by atoms with Gasteiger partial charge in [-0.25, -0.2) is 62.8 Å². The van der Waals surface area contributed by atoms with Gasteiger partial charge in [0.2, 0.25) is 0 Å². The fourth-order valence-electron chi connectivity index (χ4n) is 8.15. The number of alkyl halides is 5. The van der Waals surface area contributed by atoms with E-state index in [1.54, 1.807) is 36.7 Å².